The quantitative estimate of drug-likeness (QED) is 0.254. The van der Waals surface area contributed by atoms with Gasteiger partial charge in [-0.25, -0.2) is 4.79 Å². The van der Waals surface area contributed by atoms with E-state index in [2.05, 4.69) is 16.5 Å². The minimum Gasteiger partial charge on any atom is -0.478 e. The maximum atomic E-state index is 11.7. The van der Waals surface area contributed by atoms with Gasteiger partial charge in [0, 0.05) is 23.5 Å². The van der Waals surface area contributed by atoms with Crippen molar-refractivity contribution in [1.29, 1.82) is 0 Å². The molecule has 1 heterocycles. The number of carboxylic acid groups (broad SMARTS) is 1. The first-order valence-corrected chi connectivity index (χ1v) is 12.4. The number of benzene rings is 1. The second-order valence-corrected chi connectivity index (χ2v) is 7.77. The number of hydrogen-bond acceptors (Lipinski definition) is 3. The maximum Gasteiger partial charge on any atom is 0.335 e. The van der Waals surface area contributed by atoms with Crippen LogP contribution in [0.3, 0.4) is 0 Å². The van der Waals surface area contributed by atoms with Crippen LogP contribution in [0.25, 0.3) is 5.70 Å². The van der Waals surface area contributed by atoms with E-state index >= 15 is 0 Å². The molecule has 0 amide bonds. The predicted octanol–water partition coefficient (Wildman–Crippen LogP) is 8.10. The SMILES string of the molecule is C=C(C(=C\CC)/C=C(\C=C/C)C(=O)O)N(CCc1ccc(Cl)cc1)/C(=C\C)c1ccccn1.CC. The molecular formula is C30H37ClN2O2. The average molecular weight is 493 g/mol. The summed E-state index contributed by atoms with van der Waals surface area (Å²) in [6.45, 7) is 14.8. The summed E-state index contributed by atoms with van der Waals surface area (Å²) >= 11 is 6.04. The summed E-state index contributed by atoms with van der Waals surface area (Å²) in [6.07, 6.45) is 12.2. The molecule has 0 radical (unpaired) electrons. The first-order chi connectivity index (χ1) is 16.9. The number of halogens is 1. The Labute approximate surface area is 215 Å². The number of allylic oxidation sites excluding steroid dienone is 4. The summed E-state index contributed by atoms with van der Waals surface area (Å²) < 4.78 is 0. The van der Waals surface area contributed by atoms with E-state index in [1.54, 1.807) is 31.3 Å². The van der Waals surface area contributed by atoms with E-state index in [0.29, 0.717) is 17.3 Å². The van der Waals surface area contributed by atoms with Crippen LogP contribution in [0.15, 0.2) is 102 Å². The lowest BCUT2D eigenvalue weighted by Gasteiger charge is -2.30. The minimum atomic E-state index is -0.980. The van der Waals surface area contributed by atoms with Gasteiger partial charge in [-0.3, -0.25) is 4.98 Å². The zero-order valence-corrected chi connectivity index (χ0v) is 22.2. The zero-order valence-electron chi connectivity index (χ0n) is 21.5. The summed E-state index contributed by atoms with van der Waals surface area (Å²) in [5.74, 6) is -0.980. The first kappa shape index (κ1) is 29.7. The highest BCUT2D eigenvalue weighted by Crippen LogP contribution is 2.28. The van der Waals surface area contributed by atoms with E-state index in [1.807, 2.05) is 82.3 Å². The molecule has 1 N–H and O–H groups in total. The summed E-state index contributed by atoms with van der Waals surface area (Å²) in [4.78, 5) is 18.4. The fraction of sp³-hybridized carbons (Fsp3) is 0.267. The molecule has 35 heavy (non-hydrogen) atoms. The highest BCUT2D eigenvalue weighted by atomic mass is 35.5. The maximum absolute atomic E-state index is 11.7. The highest BCUT2D eigenvalue weighted by Gasteiger charge is 2.18. The van der Waals surface area contributed by atoms with Crippen molar-refractivity contribution < 1.29 is 9.90 Å². The Kier molecular flexibility index (Phi) is 13.8. The van der Waals surface area contributed by atoms with Crippen molar-refractivity contribution in [2.24, 2.45) is 0 Å². The van der Waals surface area contributed by atoms with E-state index in [9.17, 15) is 9.90 Å². The molecule has 0 aliphatic heterocycles. The summed E-state index contributed by atoms with van der Waals surface area (Å²) in [5, 5.41) is 10.3. The molecule has 0 saturated heterocycles. The molecule has 0 fully saturated rings. The second kappa shape index (κ2) is 16.3. The van der Waals surface area contributed by atoms with Crippen molar-refractivity contribution in [2.75, 3.05) is 6.54 Å². The lowest BCUT2D eigenvalue weighted by molar-refractivity contribution is -0.132. The minimum absolute atomic E-state index is 0.205. The van der Waals surface area contributed by atoms with E-state index in [0.717, 1.165) is 35.4 Å². The van der Waals surface area contributed by atoms with Crippen LogP contribution in [0.4, 0.5) is 0 Å². The molecule has 0 saturated carbocycles. The van der Waals surface area contributed by atoms with Crippen molar-refractivity contribution in [3.63, 3.8) is 0 Å². The number of hydrogen-bond donors (Lipinski definition) is 1. The van der Waals surface area contributed by atoms with Gasteiger partial charge in [-0.05, 0) is 68.2 Å². The number of rotatable bonds is 11. The number of carbonyl (C=O) groups is 1. The Morgan fingerprint density at radius 3 is 2.31 bits per heavy atom. The Morgan fingerprint density at radius 1 is 1.11 bits per heavy atom. The van der Waals surface area contributed by atoms with E-state index in [1.165, 1.54) is 0 Å². The zero-order chi connectivity index (χ0) is 26.2. The Balaban J connectivity index is 0.00000298. The normalized spacial score (nSPS) is 12.2. The molecule has 2 rings (SSSR count). The molecule has 0 bridgehead atoms. The van der Waals surface area contributed by atoms with Crippen LogP contribution in [0.5, 0.6) is 0 Å². The van der Waals surface area contributed by atoms with Gasteiger partial charge in [0.1, 0.15) is 0 Å². The van der Waals surface area contributed by atoms with Gasteiger partial charge >= 0.3 is 5.97 Å². The monoisotopic (exact) mass is 492 g/mol. The van der Waals surface area contributed by atoms with Gasteiger partial charge in [0.2, 0.25) is 0 Å². The fourth-order valence-corrected chi connectivity index (χ4v) is 3.54. The first-order valence-electron chi connectivity index (χ1n) is 12.0. The fourth-order valence-electron chi connectivity index (χ4n) is 3.41. The predicted molar refractivity (Wildman–Crippen MR) is 149 cm³/mol. The van der Waals surface area contributed by atoms with Gasteiger partial charge in [-0.1, -0.05) is 81.5 Å². The van der Waals surface area contributed by atoms with Crippen molar-refractivity contribution in [2.45, 2.75) is 47.5 Å². The lowest BCUT2D eigenvalue weighted by atomic mass is 10.0. The van der Waals surface area contributed by atoms with Crippen LogP contribution in [-0.4, -0.2) is 27.5 Å². The van der Waals surface area contributed by atoms with Crippen molar-refractivity contribution in [1.82, 2.24) is 9.88 Å². The summed E-state index contributed by atoms with van der Waals surface area (Å²) in [6, 6.07) is 13.6. The van der Waals surface area contributed by atoms with E-state index in [-0.39, 0.29) is 5.57 Å². The van der Waals surface area contributed by atoms with Gasteiger partial charge in [0.15, 0.2) is 0 Å². The summed E-state index contributed by atoms with van der Waals surface area (Å²) in [5.41, 5.74) is 4.56. The third-order valence-corrected chi connectivity index (χ3v) is 5.27. The third kappa shape index (κ3) is 9.42. The van der Waals surface area contributed by atoms with Gasteiger partial charge in [0.05, 0.1) is 17.0 Å². The summed E-state index contributed by atoms with van der Waals surface area (Å²) in [7, 11) is 0. The van der Waals surface area contributed by atoms with Crippen molar-refractivity contribution in [3.8, 4) is 0 Å². The van der Waals surface area contributed by atoms with Crippen molar-refractivity contribution >= 4 is 23.3 Å². The highest BCUT2D eigenvalue weighted by molar-refractivity contribution is 6.30. The number of aromatic nitrogens is 1. The Morgan fingerprint density at radius 2 is 1.80 bits per heavy atom. The van der Waals surface area contributed by atoms with Crippen LogP contribution >= 0.6 is 11.6 Å². The van der Waals surface area contributed by atoms with Crippen LogP contribution < -0.4 is 0 Å². The molecule has 0 aliphatic rings. The number of pyridine rings is 1. The molecule has 5 heteroatoms. The lowest BCUT2D eigenvalue weighted by Crippen LogP contribution is -2.25. The number of nitrogens with zero attached hydrogens (tertiary/aromatic N) is 2. The van der Waals surface area contributed by atoms with Crippen LogP contribution in [0.1, 0.15) is 52.3 Å². The molecule has 0 atom stereocenters. The second-order valence-electron chi connectivity index (χ2n) is 7.34. The van der Waals surface area contributed by atoms with Gasteiger partial charge in [-0.2, -0.15) is 0 Å². The van der Waals surface area contributed by atoms with Gasteiger partial charge in [-0.15, -0.1) is 0 Å². The van der Waals surface area contributed by atoms with Crippen molar-refractivity contribution in [3.05, 3.63) is 119 Å². The standard InChI is InChI=1S/C28H31ClN2O2.C2H6/c1-5-10-23(20-24(11-6-2)28(32)33)21(4)31(19-17-22-13-15-25(29)16-14-22)27(7-3)26-12-8-9-18-30-26;1-2/h6-16,18,20H,4-5,17,19H2,1-3H3,(H,32,33);1-2H3/b11-6-,23-10-,24-20+,27-7-;. The van der Waals surface area contributed by atoms with E-state index in [4.69, 9.17) is 11.6 Å². The largest absolute Gasteiger partial charge is 0.478 e. The number of carboxylic acids is 1. The Hall–Kier alpha value is -3.37. The van der Waals surface area contributed by atoms with E-state index < -0.39 is 5.97 Å². The molecule has 0 unspecified atom stereocenters. The topological polar surface area (TPSA) is 53.4 Å². The molecule has 2 aromatic rings. The van der Waals surface area contributed by atoms with Gasteiger partial charge in [0.25, 0.3) is 0 Å². The third-order valence-electron chi connectivity index (χ3n) is 5.02. The molecule has 0 aliphatic carbocycles. The number of aliphatic carboxylic acids is 1. The molecular weight excluding hydrogens is 456 g/mol. The molecule has 4 nitrogen and oxygen atoms in total. The van der Waals surface area contributed by atoms with Gasteiger partial charge < -0.3 is 10.0 Å². The molecule has 1 aromatic heterocycles. The molecule has 0 spiro atoms. The van der Waals surface area contributed by atoms with Crippen LogP contribution in [-0.2, 0) is 11.2 Å². The average Bonchev–Trinajstić information content (AvgIpc) is 2.88. The molecule has 1 aromatic carbocycles. The van der Waals surface area contributed by atoms with Crippen LogP contribution in [0, 0.1) is 0 Å². The van der Waals surface area contributed by atoms with Crippen LogP contribution in [0.2, 0.25) is 5.02 Å². The smallest absolute Gasteiger partial charge is 0.335 e. The Bertz CT molecular complexity index is 1070. The molecule has 186 valence electrons.